The Morgan fingerprint density at radius 1 is 0.767 bits per heavy atom. The zero-order chi connectivity index (χ0) is 20.8. The van der Waals surface area contributed by atoms with Crippen molar-refractivity contribution in [3.8, 4) is 22.5 Å². The van der Waals surface area contributed by atoms with Crippen LogP contribution in [-0.2, 0) is 0 Å². The topological polar surface area (TPSA) is 76.7 Å². The molecule has 0 bridgehead atoms. The maximum Gasteiger partial charge on any atom is 0.410 e. The Hall–Kier alpha value is -4.06. The summed E-state index contributed by atoms with van der Waals surface area (Å²) in [5.41, 5.74) is 5.05. The van der Waals surface area contributed by atoms with E-state index in [1.807, 2.05) is 74.5 Å². The van der Waals surface area contributed by atoms with Crippen LogP contribution in [0.25, 0.3) is 44.8 Å². The Balaban J connectivity index is 1.95. The molecule has 0 radical (unpaired) electrons. The van der Waals surface area contributed by atoms with Gasteiger partial charge >= 0.3 is 5.65 Å². The zero-order valence-electron chi connectivity index (χ0n) is 16.5. The van der Waals surface area contributed by atoms with E-state index >= 15 is 0 Å². The average Bonchev–Trinajstić information content (AvgIpc) is 2.76. The molecule has 2 aromatic heterocycles. The van der Waals surface area contributed by atoms with E-state index in [-0.39, 0.29) is 22.7 Å². The fourth-order valence-corrected chi connectivity index (χ4v) is 3.59. The maximum atomic E-state index is 13.5. The second-order valence-corrected chi connectivity index (χ2v) is 7.38. The van der Waals surface area contributed by atoms with Gasteiger partial charge in [0.2, 0.25) is 16.9 Å². The van der Waals surface area contributed by atoms with Gasteiger partial charge in [0, 0.05) is 15.6 Å². The second-order valence-electron chi connectivity index (χ2n) is 7.38. The Morgan fingerprint density at radius 3 is 1.90 bits per heavy atom. The van der Waals surface area contributed by atoms with Gasteiger partial charge in [-0.15, -0.1) is 0 Å². The van der Waals surface area contributed by atoms with Gasteiger partial charge in [-0.05, 0) is 31.0 Å². The molecule has 0 saturated carbocycles. The summed E-state index contributed by atoms with van der Waals surface area (Å²) in [6, 6.07) is 22.2. The lowest BCUT2D eigenvalue weighted by atomic mass is 10.0. The van der Waals surface area contributed by atoms with Crippen molar-refractivity contribution in [1.29, 1.82) is 0 Å². The van der Waals surface area contributed by atoms with Crippen molar-refractivity contribution >= 4 is 22.3 Å². The first-order valence-electron chi connectivity index (χ1n) is 9.62. The predicted molar refractivity (Wildman–Crippen MR) is 118 cm³/mol. The third kappa shape index (κ3) is 2.81. The molecule has 30 heavy (non-hydrogen) atoms. The van der Waals surface area contributed by atoms with Crippen LogP contribution in [0.15, 0.2) is 72.8 Å². The monoisotopic (exact) mass is 394 g/mol. The summed E-state index contributed by atoms with van der Waals surface area (Å²) in [6.45, 7) is 3.95. The van der Waals surface area contributed by atoms with Crippen LogP contribution in [0.4, 0.5) is 0 Å². The van der Waals surface area contributed by atoms with E-state index in [0.29, 0.717) is 22.2 Å². The van der Waals surface area contributed by atoms with Crippen molar-refractivity contribution in [1.82, 2.24) is 14.7 Å². The quantitative estimate of drug-likeness (QED) is 0.318. The summed E-state index contributed by atoms with van der Waals surface area (Å²) in [7, 11) is 0. The van der Waals surface area contributed by atoms with Crippen molar-refractivity contribution in [3.05, 3.63) is 94.0 Å². The minimum absolute atomic E-state index is 0.00450. The largest absolute Gasteiger partial charge is 0.804 e. The molecule has 0 amide bonds. The van der Waals surface area contributed by atoms with Crippen molar-refractivity contribution < 1.29 is 4.43 Å². The van der Waals surface area contributed by atoms with Crippen molar-refractivity contribution in [2.24, 2.45) is 0 Å². The van der Waals surface area contributed by atoms with E-state index in [1.54, 1.807) is 12.1 Å². The Kier molecular flexibility index (Phi) is 4.06. The molecule has 0 N–H and O–H groups in total. The van der Waals surface area contributed by atoms with E-state index < -0.39 is 0 Å². The molecule has 0 unspecified atom stereocenters. The number of hydrogen-bond donors (Lipinski definition) is 0. The van der Waals surface area contributed by atoms with Crippen LogP contribution in [0.3, 0.4) is 0 Å². The van der Waals surface area contributed by atoms with Gasteiger partial charge in [-0.2, -0.15) is 0 Å². The predicted octanol–water partition coefficient (Wildman–Crippen LogP) is 4.80. The molecule has 0 atom stereocenters. The van der Waals surface area contributed by atoms with E-state index in [0.717, 1.165) is 20.3 Å². The molecule has 5 rings (SSSR count). The lowest BCUT2D eigenvalue weighted by Gasteiger charge is -2.20. The van der Waals surface area contributed by atoms with Crippen LogP contribution in [0.2, 0.25) is 0 Å². The highest BCUT2D eigenvalue weighted by Crippen LogP contribution is 2.31. The number of para-hydroxylation sites is 2. The molecule has 6 nitrogen and oxygen atoms in total. The van der Waals surface area contributed by atoms with Gasteiger partial charge in [0.1, 0.15) is 5.52 Å². The summed E-state index contributed by atoms with van der Waals surface area (Å²) in [4.78, 5) is 22.4. The number of aromatic nitrogens is 4. The van der Waals surface area contributed by atoms with E-state index in [9.17, 15) is 10.1 Å². The van der Waals surface area contributed by atoms with Gasteiger partial charge in [0.15, 0.2) is 0 Å². The fourth-order valence-electron chi connectivity index (χ4n) is 3.59. The van der Waals surface area contributed by atoms with E-state index in [2.05, 4.69) is 9.97 Å². The molecule has 5 aromatic rings. The van der Waals surface area contributed by atoms with E-state index in [1.165, 1.54) is 0 Å². The SMILES string of the molecule is Cc1ccc(-c2c(-c3ccc(C)cc3)[n+](=O)c3nc4ccccc4nc3n2[O-])cc1. The third-order valence-corrected chi connectivity index (χ3v) is 5.20. The lowest BCUT2D eigenvalue weighted by molar-refractivity contribution is -0.453. The molecule has 0 aliphatic rings. The first-order chi connectivity index (χ1) is 14.5. The van der Waals surface area contributed by atoms with Crippen molar-refractivity contribution in [2.75, 3.05) is 0 Å². The number of nitrogens with zero attached hydrogens (tertiary/aromatic N) is 4. The highest BCUT2D eigenvalue weighted by atomic mass is 16.5. The number of fused-ring (bicyclic) bond motifs is 2. The van der Waals surface area contributed by atoms with Gasteiger partial charge in [-0.1, -0.05) is 76.7 Å². The first-order valence-corrected chi connectivity index (χ1v) is 9.62. The van der Waals surface area contributed by atoms with Crippen LogP contribution < -0.4 is 4.43 Å². The smallest absolute Gasteiger partial charge is 0.410 e. The molecule has 6 heteroatoms. The fraction of sp³-hybridized carbons (Fsp3) is 0.0833. The lowest BCUT2D eigenvalue weighted by Crippen LogP contribution is -2.25. The van der Waals surface area contributed by atoms with Crippen LogP contribution in [0, 0.1) is 24.0 Å². The summed E-state index contributed by atoms with van der Waals surface area (Å²) in [5.74, 6) is 0. The highest BCUT2D eigenvalue weighted by molar-refractivity contribution is 5.86. The molecule has 2 heterocycles. The molecule has 0 aliphatic carbocycles. The summed E-state index contributed by atoms with van der Waals surface area (Å²) in [6.07, 6.45) is 0. The number of aryl methyl sites for hydroxylation is 2. The van der Waals surface area contributed by atoms with Gasteiger partial charge in [0.05, 0.1) is 5.69 Å². The summed E-state index contributed by atoms with van der Waals surface area (Å²) in [5, 5.41) is 13.5. The van der Waals surface area contributed by atoms with Gasteiger partial charge < -0.3 is 9.94 Å². The highest BCUT2D eigenvalue weighted by Gasteiger charge is 2.25. The molecular weight excluding hydrogens is 376 g/mol. The first kappa shape index (κ1) is 18.0. The summed E-state index contributed by atoms with van der Waals surface area (Å²) < 4.78 is 1.45. The van der Waals surface area contributed by atoms with Crippen LogP contribution >= 0.6 is 0 Å². The standard InChI is InChI=1S/C24H18N4O2/c1-15-7-11-17(12-8-15)21-22(18-13-9-16(2)10-14-18)28(30)24-23(27(21)29)25-19-5-3-4-6-20(19)26-24/h3-14H,1-2H3. The van der Waals surface area contributed by atoms with Crippen LogP contribution in [-0.4, -0.2) is 14.7 Å². The minimum atomic E-state index is -0.00450. The molecule has 146 valence electrons. The normalized spacial score (nSPS) is 11.3. The Labute approximate surface area is 172 Å². The van der Waals surface area contributed by atoms with Gasteiger partial charge in [0.25, 0.3) is 0 Å². The maximum absolute atomic E-state index is 13.5. The van der Waals surface area contributed by atoms with Gasteiger partial charge in [-0.3, -0.25) is 0 Å². The number of benzene rings is 3. The second kappa shape index (κ2) is 6.77. The van der Waals surface area contributed by atoms with Gasteiger partial charge in [-0.25, -0.2) is 4.98 Å². The van der Waals surface area contributed by atoms with Crippen molar-refractivity contribution in [2.45, 2.75) is 13.8 Å². The van der Waals surface area contributed by atoms with E-state index in [4.69, 9.17) is 0 Å². The minimum Gasteiger partial charge on any atom is -0.804 e. The molecular formula is C24H18N4O2. The molecule has 0 aliphatic heterocycles. The molecule has 0 spiro atoms. The Bertz CT molecular complexity index is 1470. The number of rotatable bonds is 2. The Morgan fingerprint density at radius 2 is 1.30 bits per heavy atom. The molecule has 0 saturated heterocycles. The molecule has 0 fully saturated rings. The van der Waals surface area contributed by atoms with Crippen molar-refractivity contribution in [3.63, 3.8) is 0 Å². The number of hydrogen-bond acceptors (Lipinski definition) is 4. The zero-order valence-corrected chi connectivity index (χ0v) is 16.5. The molecule has 3 aromatic carbocycles. The van der Waals surface area contributed by atoms with Crippen LogP contribution in [0.1, 0.15) is 11.1 Å². The average molecular weight is 394 g/mol. The summed E-state index contributed by atoms with van der Waals surface area (Å²) >= 11 is 0. The van der Waals surface area contributed by atoms with Crippen LogP contribution in [0.5, 0.6) is 0 Å². The third-order valence-electron chi connectivity index (χ3n) is 5.20.